The molecule has 1 fully saturated rings. The van der Waals surface area contributed by atoms with Crippen molar-refractivity contribution in [1.82, 2.24) is 4.31 Å². The summed E-state index contributed by atoms with van der Waals surface area (Å²) in [6.07, 6.45) is 1.75. The molecular weight excluding hydrogens is 412 g/mol. The summed E-state index contributed by atoms with van der Waals surface area (Å²) in [5, 5.41) is 3.35. The average molecular weight is 437 g/mol. The molecule has 0 atom stereocenters. The van der Waals surface area contributed by atoms with Crippen LogP contribution in [0, 0.1) is 19.8 Å². The monoisotopic (exact) mass is 436 g/mol. The Balaban J connectivity index is 1.75. The highest BCUT2D eigenvalue weighted by molar-refractivity contribution is 7.89. The molecule has 1 saturated carbocycles. The number of amides is 1. The Kier molecular flexibility index (Phi) is 6.11. The number of aryl methyl sites for hydroxylation is 1. The highest BCUT2D eigenvalue weighted by Gasteiger charge is 2.31. The lowest BCUT2D eigenvalue weighted by molar-refractivity contribution is -0.117. The Bertz CT molecular complexity index is 1050. The van der Waals surface area contributed by atoms with Crippen LogP contribution in [-0.2, 0) is 26.2 Å². The highest BCUT2D eigenvalue weighted by Crippen LogP contribution is 2.36. The van der Waals surface area contributed by atoms with Crippen molar-refractivity contribution in [1.29, 1.82) is 0 Å². The number of benzene rings is 1. The van der Waals surface area contributed by atoms with E-state index in [1.165, 1.54) is 37.6 Å². The number of thiophene rings is 1. The first-order valence-electron chi connectivity index (χ1n) is 9.20. The molecule has 0 saturated heterocycles. The zero-order valence-corrected chi connectivity index (χ0v) is 18.4. The quantitative estimate of drug-likeness (QED) is 0.672. The van der Waals surface area contributed by atoms with Gasteiger partial charge in [-0.2, -0.15) is 0 Å². The van der Waals surface area contributed by atoms with E-state index >= 15 is 0 Å². The second-order valence-electron chi connectivity index (χ2n) is 7.26. The number of hydrogen-bond acceptors (Lipinski definition) is 6. The Morgan fingerprint density at radius 3 is 2.55 bits per heavy atom. The fourth-order valence-corrected chi connectivity index (χ4v) is 4.77. The predicted molar refractivity (Wildman–Crippen MR) is 112 cm³/mol. The van der Waals surface area contributed by atoms with Gasteiger partial charge < -0.3 is 10.1 Å². The Hall–Kier alpha value is -2.23. The molecule has 1 amide bonds. The second-order valence-corrected chi connectivity index (χ2v) is 10.6. The maximum absolute atomic E-state index is 12.7. The van der Waals surface area contributed by atoms with Gasteiger partial charge in [0, 0.05) is 24.9 Å². The molecule has 2 aromatic rings. The van der Waals surface area contributed by atoms with E-state index in [4.69, 9.17) is 4.74 Å². The molecule has 29 heavy (non-hydrogen) atoms. The van der Waals surface area contributed by atoms with Crippen molar-refractivity contribution >= 4 is 38.2 Å². The Morgan fingerprint density at radius 1 is 1.24 bits per heavy atom. The molecule has 1 aromatic carbocycles. The molecule has 0 radical (unpaired) electrons. The molecule has 1 aliphatic rings. The lowest BCUT2D eigenvalue weighted by Crippen LogP contribution is -2.22. The first-order chi connectivity index (χ1) is 13.6. The van der Waals surface area contributed by atoms with Crippen LogP contribution in [0.15, 0.2) is 29.2 Å². The van der Waals surface area contributed by atoms with Gasteiger partial charge in [0.15, 0.2) is 0 Å². The van der Waals surface area contributed by atoms with Crippen molar-refractivity contribution in [2.24, 2.45) is 5.92 Å². The topological polar surface area (TPSA) is 92.8 Å². The van der Waals surface area contributed by atoms with Gasteiger partial charge >= 0.3 is 5.97 Å². The zero-order chi connectivity index (χ0) is 21.3. The molecule has 0 unspecified atom stereocenters. The van der Waals surface area contributed by atoms with Crippen LogP contribution in [0.3, 0.4) is 0 Å². The third-order valence-electron chi connectivity index (χ3n) is 4.82. The molecule has 1 heterocycles. The molecule has 0 bridgehead atoms. The van der Waals surface area contributed by atoms with E-state index in [1.807, 2.05) is 13.8 Å². The van der Waals surface area contributed by atoms with Gasteiger partial charge in [0.1, 0.15) is 11.6 Å². The third-order valence-corrected chi connectivity index (χ3v) is 7.76. The van der Waals surface area contributed by atoms with Gasteiger partial charge in [-0.15, -0.1) is 11.3 Å². The fourth-order valence-electron chi connectivity index (χ4n) is 2.75. The number of anilines is 1. The van der Waals surface area contributed by atoms with Crippen LogP contribution in [-0.4, -0.2) is 38.7 Å². The zero-order valence-electron chi connectivity index (χ0n) is 16.8. The molecule has 7 nitrogen and oxygen atoms in total. The van der Waals surface area contributed by atoms with Crippen LogP contribution >= 0.6 is 11.3 Å². The maximum Gasteiger partial charge on any atom is 0.341 e. The molecule has 1 aromatic heterocycles. The smallest absolute Gasteiger partial charge is 0.341 e. The first-order valence-corrected chi connectivity index (χ1v) is 11.5. The van der Waals surface area contributed by atoms with Gasteiger partial charge in [0.25, 0.3) is 0 Å². The van der Waals surface area contributed by atoms with Gasteiger partial charge in [0.05, 0.1) is 10.5 Å². The van der Waals surface area contributed by atoms with Crippen LogP contribution < -0.4 is 5.32 Å². The first kappa shape index (κ1) is 21.5. The minimum Gasteiger partial charge on any atom is -0.457 e. The van der Waals surface area contributed by atoms with Crippen LogP contribution in [0.1, 0.15) is 39.2 Å². The van der Waals surface area contributed by atoms with E-state index in [0.29, 0.717) is 16.1 Å². The SMILES string of the molecule is Cc1sc(NC(=O)C2CC2)c(C(=O)OCc2cccc(S(=O)(=O)N(C)C)c2)c1C. The van der Waals surface area contributed by atoms with Crippen LogP contribution in [0.4, 0.5) is 5.00 Å². The van der Waals surface area contributed by atoms with Crippen LogP contribution in [0.5, 0.6) is 0 Å². The van der Waals surface area contributed by atoms with E-state index in [-0.39, 0.29) is 23.3 Å². The molecular formula is C20H24N2O5S2. The summed E-state index contributed by atoms with van der Waals surface area (Å²) in [5.41, 5.74) is 1.70. The van der Waals surface area contributed by atoms with E-state index < -0.39 is 16.0 Å². The number of carbonyl (C=O) groups is 2. The summed E-state index contributed by atoms with van der Waals surface area (Å²) in [6, 6.07) is 6.30. The molecule has 0 aliphatic heterocycles. The normalized spacial score (nSPS) is 14.1. The fraction of sp³-hybridized carbons (Fsp3) is 0.400. The molecule has 1 aliphatic carbocycles. The average Bonchev–Trinajstić information content (AvgIpc) is 3.47. The lowest BCUT2D eigenvalue weighted by atomic mass is 10.1. The largest absolute Gasteiger partial charge is 0.457 e. The number of hydrogen-bond donors (Lipinski definition) is 1. The summed E-state index contributed by atoms with van der Waals surface area (Å²) in [5.74, 6) is -0.580. The predicted octanol–water partition coefficient (Wildman–Crippen LogP) is 3.32. The third kappa shape index (κ3) is 4.68. The Morgan fingerprint density at radius 2 is 1.93 bits per heavy atom. The lowest BCUT2D eigenvalue weighted by Gasteiger charge is -2.12. The summed E-state index contributed by atoms with van der Waals surface area (Å²) < 4.78 is 31.1. The number of carbonyl (C=O) groups excluding carboxylic acids is 2. The van der Waals surface area contributed by atoms with Gasteiger partial charge in [-0.1, -0.05) is 12.1 Å². The van der Waals surface area contributed by atoms with Crippen molar-refractivity contribution in [3.8, 4) is 0 Å². The molecule has 1 N–H and O–H groups in total. The summed E-state index contributed by atoms with van der Waals surface area (Å²) in [7, 11) is -0.650. The molecule has 9 heteroatoms. The number of sulfonamides is 1. The number of nitrogens with zero attached hydrogens (tertiary/aromatic N) is 1. The second kappa shape index (κ2) is 8.25. The Labute approximate surface area is 174 Å². The van der Waals surface area contributed by atoms with Gasteiger partial charge in [-0.3, -0.25) is 4.79 Å². The molecule has 156 valence electrons. The van der Waals surface area contributed by atoms with Crippen molar-refractivity contribution in [3.63, 3.8) is 0 Å². The summed E-state index contributed by atoms with van der Waals surface area (Å²) >= 11 is 1.36. The van der Waals surface area contributed by atoms with Gasteiger partial charge in [-0.25, -0.2) is 17.5 Å². The van der Waals surface area contributed by atoms with Gasteiger partial charge in [0.2, 0.25) is 15.9 Å². The summed E-state index contributed by atoms with van der Waals surface area (Å²) in [6.45, 7) is 3.64. The van der Waals surface area contributed by atoms with Crippen LogP contribution in [0.2, 0.25) is 0 Å². The van der Waals surface area contributed by atoms with E-state index in [0.717, 1.165) is 27.6 Å². The van der Waals surface area contributed by atoms with E-state index in [2.05, 4.69) is 5.32 Å². The van der Waals surface area contributed by atoms with Crippen molar-refractivity contribution < 1.29 is 22.7 Å². The number of ether oxygens (including phenoxy) is 1. The molecule has 3 rings (SSSR count). The maximum atomic E-state index is 12.7. The van der Waals surface area contributed by atoms with Crippen molar-refractivity contribution in [3.05, 3.63) is 45.8 Å². The highest BCUT2D eigenvalue weighted by atomic mass is 32.2. The van der Waals surface area contributed by atoms with Crippen molar-refractivity contribution in [2.75, 3.05) is 19.4 Å². The van der Waals surface area contributed by atoms with E-state index in [9.17, 15) is 18.0 Å². The number of nitrogens with one attached hydrogen (secondary N) is 1. The summed E-state index contributed by atoms with van der Waals surface area (Å²) in [4.78, 5) is 25.9. The standard InChI is InChI=1S/C20H24N2O5S2/c1-12-13(2)28-19(21-18(23)15-8-9-15)17(12)20(24)27-11-14-6-5-7-16(10-14)29(25,26)22(3)4/h5-7,10,15H,8-9,11H2,1-4H3,(H,21,23). The number of rotatable bonds is 7. The van der Waals surface area contributed by atoms with Gasteiger partial charge in [-0.05, 0) is 49.9 Å². The molecule has 0 spiro atoms. The van der Waals surface area contributed by atoms with Crippen LogP contribution in [0.25, 0.3) is 0 Å². The van der Waals surface area contributed by atoms with E-state index in [1.54, 1.807) is 12.1 Å². The van der Waals surface area contributed by atoms with Crippen molar-refractivity contribution in [2.45, 2.75) is 38.2 Å². The minimum atomic E-state index is -3.57. The minimum absolute atomic E-state index is 0.0305. The number of esters is 1.